The molecule has 3 N–H and O–H groups in total. The molecule has 1 saturated carbocycles. The van der Waals surface area contributed by atoms with Crippen molar-refractivity contribution >= 4 is 34.8 Å². The molecule has 33 heavy (non-hydrogen) atoms. The lowest BCUT2D eigenvalue weighted by molar-refractivity contribution is -0.114. The normalized spacial score (nSPS) is 24.1. The molecule has 2 aromatic rings. The number of anilines is 1. The smallest absolute Gasteiger partial charge is 0.221 e. The van der Waals surface area contributed by atoms with Crippen molar-refractivity contribution in [2.24, 2.45) is 0 Å². The van der Waals surface area contributed by atoms with Gasteiger partial charge in [0, 0.05) is 35.6 Å². The van der Waals surface area contributed by atoms with E-state index in [1.807, 2.05) is 12.1 Å². The topological polar surface area (TPSA) is 73.8 Å². The molecular weight excluding hydrogens is 461 g/mol. The van der Waals surface area contributed by atoms with Gasteiger partial charge in [-0.05, 0) is 74.7 Å². The number of piperidine rings is 1. The molecule has 0 spiro atoms. The average Bonchev–Trinajstić information content (AvgIpc) is 3.12. The lowest BCUT2D eigenvalue weighted by atomic mass is 10.0. The van der Waals surface area contributed by atoms with Crippen LogP contribution in [-0.4, -0.2) is 53.3 Å². The predicted molar refractivity (Wildman–Crippen MR) is 132 cm³/mol. The molecule has 0 bridgehead atoms. The van der Waals surface area contributed by atoms with Gasteiger partial charge in [-0.25, -0.2) is 0 Å². The number of carbonyl (C=O) groups is 1. The Bertz CT molecular complexity index is 948. The number of carbonyl (C=O) groups excluding carboxylic acids is 1. The fourth-order valence-electron chi connectivity index (χ4n) is 4.72. The summed E-state index contributed by atoms with van der Waals surface area (Å²) in [4.78, 5) is 14.0. The minimum atomic E-state index is -0.613. The average molecular weight is 492 g/mol. The van der Waals surface area contributed by atoms with Crippen LogP contribution in [0.2, 0.25) is 10.0 Å². The Balaban J connectivity index is 1.27. The minimum Gasteiger partial charge on any atom is -0.485 e. The van der Waals surface area contributed by atoms with Gasteiger partial charge >= 0.3 is 0 Å². The first kappa shape index (κ1) is 24.3. The van der Waals surface area contributed by atoms with Crippen LogP contribution in [0, 0.1) is 0 Å². The maximum atomic E-state index is 11.5. The monoisotopic (exact) mass is 491 g/mol. The van der Waals surface area contributed by atoms with Crippen molar-refractivity contribution in [1.82, 2.24) is 10.2 Å². The molecule has 2 aromatic carbocycles. The third-order valence-electron chi connectivity index (χ3n) is 6.44. The second-order valence-electron chi connectivity index (χ2n) is 9.00. The van der Waals surface area contributed by atoms with Crippen LogP contribution in [-0.2, 0) is 11.3 Å². The summed E-state index contributed by atoms with van der Waals surface area (Å²) in [5.74, 6) is 0.325. The van der Waals surface area contributed by atoms with Crippen molar-refractivity contribution in [3.63, 3.8) is 0 Å². The van der Waals surface area contributed by atoms with Crippen molar-refractivity contribution in [2.75, 3.05) is 18.4 Å². The van der Waals surface area contributed by atoms with Gasteiger partial charge in [0.15, 0.2) is 0 Å². The molecule has 1 heterocycles. The number of halogens is 2. The van der Waals surface area contributed by atoms with Crippen LogP contribution >= 0.6 is 23.2 Å². The Morgan fingerprint density at radius 1 is 1.06 bits per heavy atom. The van der Waals surface area contributed by atoms with Crippen molar-refractivity contribution in [3.05, 3.63) is 58.1 Å². The van der Waals surface area contributed by atoms with E-state index >= 15 is 0 Å². The number of rotatable bonds is 7. The van der Waals surface area contributed by atoms with Gasteiger partial charge in [-0.15, -0.1) is 0 Å². The Morgan fingerprint density at radius 3 is 2.45 bits per heavy atom. The SMILES string of the molecule is CC(=O)Nc1cc(Cl)ccc1OC1CCC(NC2CCN(Cc3ccc(Cl)cc3)CC2)C1O. The van der Waals surface area contributed by atoms with E-state index in [9.17, 15) is 9.90 Å². The fourth-order valence-corrected chi connectivity index (χ4v) is 5.02. The molecule has 178 valence electrons. The molecule has 0 aromatic heterocycles. The molecule has 1 aliphatic heterocycles. The number of hydrogen-bond donors (Lipinski definition) is 3. The van der Waals surface area contributed by atoms with Crippen LogP contribution < -0.4 is 15.4 Å². The van der Waals surface area contributed by atoms with Gasteiger partial charge in [-0.2, -0.15) is 0 Å². The number of likely N-dealkylation sites (tertiary alicyclic amines) is 1. The molecule has 8 heteroatoms. The van der Waals surface area contributed by atoms with Crippen molar-refractivity contribution in [1.29, 1.82) is 0 Å². The second-order valence-corrected chi connectivity index (χ2v) is 9.87. The fraction of sp³-hybridized carbons (Fsp3) is 0.480. The van der Waals surface area contributed by atoms with Gasteiger partial charge in [-0.3, -0.25) is 9.69 Å². The number of amides is 1. The second kappa shape index (κ2) is 11.1. The molecule has 4 rings (SSSR count). The first-order chi connectivity index (χ1) is 15.9. The van der Waals surface area contributed by atoms with E-state index in [4.69, 9.17) is 27.9 Å². The predicted octanol–water partition coefficient (Wildman–Crippen LogP) is 4.48. The summed E-state index contributed by atoms with van der Waals surface area (Å²) in [6.45, 7) is 4.42. The summed E-state index contributed by atoms with van der Waals surface area (Å²) < 4.78 is 6.10. The van der Waals surface area contributed by atoms with Crippen molar-refractivity contribution < 1.29 is 14.6 Å². The summed E-state index contributed by atoms with van der Waals surface area (Å²) >= 11 is 12.0. The van der Waals surface area contributed by atoms with Gasteiger partial charge in [0.1, 0.15) is 18.0 Å². The number of ether oxygens (including phenoxy) is 1. The summed E-state index contributed by atoms with van der Waals surface area (Å²) in [5, 5.41) is 18.6. The Labute approximate surface area is 205 Å². The van der Waals surface area contributed by atoms with Crippen LogP contribution in [0.15, 0.2) is 42.5 Å². The molecule has 1 amide bonds. The number of nitrogens with one attached hydrogen (secondary N) is 2. The van der Waals surface area contributed by atoms with Crippen LogP contribution in [0.5, 0.6) is 5.75 Å². The zero-order valence-corrected chi connectivity index (χ0v) is 20.3. The van der Waals surface area contributed by atoms with Crippen molar-refractivity contribution in [3.8, 4) is 5.75 Å². The van der Waals surface area contributed by atoms with Crippen LogP contribution in [0.1, 0.15) is 38.2 Å². The maximum Gasteiger partial charge on any atom is 0.221 e. The van der Waals surface area contributed by atoms with Crippen molar-refractivity contribution in [2.45, 2.75) is 63.4 Å². The van der Waals surface area contributed by atoms with Gasteiger partial charge in [0.05, 0.1) is 5.69 Å². The Kier molecular flexibility index (Phi) is 8.15. The number of nitrogens with zero attached hydrogens (tertiary/aromatic N) is 1. The third-order valence-corrected chi connectivity index (χ3v) is 6.93. The lowest BCUT2D eigenvalue weighted by Crippen LogP contribution is -2.50. The van der Waals surface area contributed by atoms with Gasteiger partial charge < -0.3 is 20.5 Å². The molecule has 0 radical (unpaired) electrons. The molecule has 3 atom stereocenters. The molecule has 6 nitrogen and oxygen atoms in total. The number of benzene rings is 2. The molecule has 2 fully saturated rings. The molecule has 2 aliphatic rings. The minimum absolute atomic E-state index is 0.000619. The van der Waals surface area contributed by atoms with E-state index < -0.39 is 6.10 Å². The molecule has 3 unspecified atom stereocenters. The van der Waals surface area contributed by atoms with E-state index in [0.29, 0.717) is 22.5 Å². The highest BCUT2D eigenvalue weighted by Crippen LogP contribution is 2.33. The zero-order valence-electron chi connectivity index (χ0n) is 18.8. The Morgan fingerprint density at radius 2 is 1.76 bits per heavy atom. The van der Waals surface area contributed by atoms with Gasteiger partial charge in [0.2, 0.25) is 5.91 Å². The van der Waals surface area contributed by atoms with Gasteiger partial charge in [-0.1, -0.05) is 35.3 Å². The van der Waals surface area contributed by atoms with Gasteiger partial charge in [0.25, 0.3) is 0 Å². The highest BCUT2D eigenvalue weighted by atomic mass is 35.5. The van der Waals surface area contributed by atoms with Crippen LogP contribution in [0.4, 0.5) is 5.69 Å². The summed E-state index contributed by atoms with van der Waals surface area (Å²) in [5.41, 5.74) is 1.80. The third kappa shape index (κ3) is 6.61. The highest BCUT2D eigenvalue weighted by Gasteiger charge is 2.38. The first-order valence-electron chi connectivity index (χ1n) is 11.5. The summed E-state index contributed by atoms with van der Waals surface area (Å²) in [6, 6.07) is 13.5. The summed E-state index contributed by atoms with van der Waals surface area (Å²) in [7, 11) is 0. The standard InChI is InChI=1S/C25H31Cl2N3O3/c1-16(31)28-22-14-19(27)6-8-23(22)33-24-9-7-21(25(24)32)29-20-10-12-30(13-11-20)15-17-2-4-18(26)5-3-17/h2-6,8,14,20-21,24-25,29,32H,7,9-13,15H2,1H3,(H,28,31). The van der Waals surface area contributed by atoms with Crippen LogP contribution in [0.25, 0.3) is 0 Å². The maximum absolute atomic E-state index is 11.5. The van der Waals surface area contributed by atoms with E-state index in [1.165, 1.54) is 12.5 Å². The largest absolute Gasteiger partial charge is 0.485 e. The van der Waals surface area contributed by atoms with E-state index in [2.05, 4.69) is 27.7 Å². The quantitative estimate of drug-likeness (QED) is 0.532. The van der Waals surface area contributed by atoms with Crippen LogP contribution in [0.3, 0.4) is 0 Å². The van der Waals surface area contributed by atoms with E-state index in [0.717, 1.165) is 50.3 Å². The number of aliphatic hydroxyl groups excluding tert-OH is 1. The summed E-state index contributed by atoms with van der Waals surface area (Å²) in [6.07, 6.45) is 2.74. The van der Waals surface area contributed by atoms with E-state index in [-0.39, 0.29) is 18.1 Å². The lowest BCUT2D eigenvalue weighted by Gasteiger charge is -2.34. The first-order valence-corrected chi connectivity index (χ1v) is 12.3. The Hall–Kier alpha value is -1.83. The molecule has 1 saturated heterocycles. The highest BCUT2D eigenvalue weighted by molar-refractivity contribution is 6.31. The zero-order chi connectivity index (χ0) is 23.4. The van der Waals surface area contributed by atoms with E-state index in [1.54, 1.807) is 18.2 Å². The number of aliphatic hydroxyl groups is 1. The molecular formula is C25H31Cl2N3O3. The number of hydrogen-bond acceptors (Lipinski definition) is 5. The molecule has 1 aliphatic carbocycles.